The number of ketones is 1. The molecule has 5 nitrogen and oxygen atoms in total. The number of Topliss-reactive ketones (excluding diaryl/α,β-unsaturated/α-hetero) is 1. The number of carboxylic acid groups (broad SMARTS) is 1. The van der Waals surface area contributed by atoms with Crippen molar-refractivity contribution in [1.82, 2.24) is 5.32 Å². The molecular weight excluding hydrogens is 539 g/mol. The van der Waals surface area contributed by atoms with Crippen LogP contribution in [0.3, 0.4) is 0 Å². The fraction of sp³-hybridized carbons (Fsp3) is 0.393. The summed E-state index contributed by atoms with van der Waals surface area (Å²) in [6, 6.07) is 12.5. The number of halogens is 5. The van der Waals surface area contributed by atoms with Gasteiger partial charge in [-0.15, -0.1) is 0 Å². The maximum absolute atomic E-state index is 12.9. The molecule has 0 atom stereocenters. The second-order valence-corrected chi connectivity index (χ2v) is 10.6. The maximum Gasteiger partial charge on any atom is 0.310 e. The molecule has 0 aliphatic heterocycles. The first-order valence-corrected chi connectivity index (χ1v) is 14.6. The van der Waals surface area contributed by atoms with Crippen molar-refractivity contribution in [1.29, 1.82) is 0 Å². The van der Waals surface area contributed by atoms with Crippen molar-refractivity contribution in [2.45, 2.75) is 71.6 Å². The molecule has 11 heteroatoms. The summed E-state index contributed by atoms with van der Waals surface area (Å²) in [6.07, 6.45) is 4.17. The van der Waals surface area contributed by atoms with Crippen LogP contribution in [-0.2, 0) is 16.0 Å². The normalized spacial score (nSPS) is 13.5. The quantitative estimate of drug-likeness (QED) is 0.114. The molecule has 2 aromatic carbocycles. The van der Waals surface area contributed by atoms with Gasteiger partial charge in [0, 0.05) is 25.1 Å². The third kappa shape index (κ3) is 15.1. The summed E-state index contributed by atoms with van der Waals surface area (Å²) in [5.74, 6) is -0.870. The standard InChI is InChI=1S/C23H27F5N2OS.C3H6O2.C2H6/c1-3-8-23(31)22(29-16-7-11-19-9-5-4-6-10-19)17-30-18(2)20-12-14-21(15-13-20)32(24,25,26,27)28;1-2-3(4)5;1-2/h4-6,9-10,12-15,17,29H,3,7-8,11,16H2,1-2H3;2H2,1H3,(H,4,5);1-2H3/b22-17+,30-18?;;. The molecule has 0 aliphatic rings. The van der Waals surface area contributed by atoms with Crippen LogP contribution < -0.4 is 5.32 Å². The molecule has 39 heavy (non-hydrogen) atoms. The average Bonchev–Trinajstić information content (AvgIpc) is 2.89. The number of hydrogen-bond acceptors (Lipinski definition) is 4. The number of carboxylic acids is 1. The molecule has 0 aromatic heterocycles. The summed E-state index contributed by atoms with van der Waals surface area (Å²) < 4.78 is 64.3. The maximum atomic E-state index is 12.9. The van der Waals surface area contributed by atoms with E-state index in [0.29, 0.717) is 42.9 Å². The fourth-order valence-electron chi connectivity index (χ4n) is 2.93. The Balaban J connectivity index is 0.00000185. The van der Waals surface area contributed by atoms with Gasteiger partial charge in [0.1, 0.15) is 4.90 Å². The molecule has 0 aliphatic carbocycles. The van der Waals surface area contributed by atoms with E-state index in [1.54, 1.807) is 6.92 Å². The number of nitrogens with zero attached hydrogens (tertiary/aromatic N) is 1. The number of carbonyl (C=O) groups is 2. The van der Waals surface area contributed by atoms with Gasteiger partial charge in [0.15, 0.2) is 5.78 Å². The lowest BCUT2D eigenvalue weighted by Crippen LogP contribution is -2.22. The molecule has 0 amide bonds. The second kappa shape index (κ2) is 15.4. The van der Waals surface area contributed by atoms with Crippen LogP contribution in [0.15, 0.2) is 76.4 Å². The molecule has 2 N–H and O–H groups in total. The van der Waals surface area contributed by atoms with Crippen LogP contribution >= 0.6 is 10.2 Å². The van der Waals surface area contributed by atoms with Crippen LogP contribution in [0.2, 0.25) is 0 Å². The molecule has 0 fully saturated rings. The summed E-state index contributed by atoms with van der Waals surface area (Å²) in [5.41, 5.74) is 2.04. The van der Waals surface area contributed by atoms with Crippen molar-refractivity contribution in [2.24, 2.45) is 4.99 Å². The topological polar surface area (TPSA) is 78.8 Å². The summed E-state index contributed by atoms with van der Waals surface area (Å²) in [4.78, 5) is 24.0. The predicted octanol–water partition coefficient (Wildman–Crippen LogP) is 9.09. The van der Waals surface area contributed by atoms with E-state index >= 15 is 0 Å². The smallest absolute Gasteiger partial charge is 0.310 e. The van der Waals surface area contributed by atoms with Crippen LogP contribution in [0.1, 0.15) is 71.4 Å². The van der Waals surface area contributed by atoms with E-state index < -0.39 is 21.1 Å². The van der Waals surface area contributed by atoms with Crippen LogP contribution in [-0.4, -0.2) is 29.1 Å². The molecule has 0 heterocycles. The van der Waals surface area contributed by atoms with Crippen LogP contribution in [0.5, 0.6) is 0 Å². The SMILES string of the molecule is CC.CCC(=O)O.CCCC(=O)/C(=C\N=C(C)c1ccc(S(F)(F)(F)(F)F)cc1)NCCCc1ccccc1. The monoisotopic (exact) mass is 578 g/mol. The molecule has 0 spiro atoms. The number of benzene rings is 2. The van der Waals surface area contributed by atoms with Gasteiger partial charge >= 0.3 is 16.2 Å². The second-order valence-electron chi connectivity index (χ2n) is 8.19. The van der Waals surface area contributed by atoms with Gasteiger partial charge in [-0.3, -0.25) is 14.6 Å². The number of aliphatic carboxylic acids is 1. The highest BCUT2D eigenvalue weighted by molar-refractivity contribution is 8.45. The molecule has 0 radical (unpaired) electrons. The Bertz CT molecular complexity index is 1100. The highest BCUT2D eigenvalue weighted by Crippen LogP contribution is 3.02. The van der Waals surface area contributed by atoms with E-state index in [9.17, 15) is 29.0 Å². The van der Waals surface area contributed by atoms with Crippen molar-refractivity contribution >= 4 is 27.7 Å². The van der Waals surface area contributed by atoms with E-state index in [4.69, 9.17) is 5.11 Å². The Labute approximate surface area is 228 Å². The largest absolute Gasteiger partial charge is 0.481 e. The van der Waals surface area contributed by atoms with Gasteiger partial charge in [-0.05, 0) is 49.4 Å². The number of rotatable bonds is 12. The summed E-state index contributed by atoms with van der Waals surface area (Å²) >= 11 is 0. The summed E-state index contributed by atoms with van der Waals surface area (Å²) in [7, 11) is -9.71. The zero-order chi connectivity index (χ0) is 30.2. The Morgan fingerprint density at radius 2 is 1.49 bits per heavy atom. The van der Waals surface area contributed by atoms with Gasteiger partial charge in [-0.1, -0.05) is 89.6 Å². The first-order chi connectivity index (χ1) is 18.1. The first kappa shape index (κ1) is 35.8. The Morgan fingerprint density at radius 1 is 0.949 bits per heavy atom. The molecule has 0 saturated carbocycles. The fourth-order valence-corrected chi connectivity index (χ4v) is 3.58. The molecule has 2 aromatic rings. The Kier molecular flexibility index (Phi) is 14.1. The number of aryl methyl sites for hydroxylation is 1. The van der Waals surface area contributed by atoms with E-state index in [0.717, 1.165) is 25.0 Å². The molecule has 0 unspecified atom stereocenters. The third-order valence-electron chi connectivity index (χ3n) is 4.99. The Morgan fingerprint density at radius 3 is 1.95 bits per heavy atom. The number of aliphatic imine (C=N–C) groups is 1. The third-order valence-corrected chi connectivity index (χ3v) is 6.15. The van der Waals surface area contributed by atoms with E-state index in [1.165, 1.54) is 18.7 Å². The lowest BCUT2D eigenvalue weighted by molar-refractivity contribution is -0.136. The minimum atomic E-state index is -9.71. The van der Waals surface area contributed by atoms with E-state index in [-0.39, 0.29) is 17.8 Å². The van der Waals surface area contributed by atoms with Gasteiger partial charge in [0.2, 0.25) is 0 Å². The predicted molar refractivity (Wildman–Crippen MR) is 150 cm³/mol. The molecule has 0 saturated heterocycles. The van der Waals surface area contributed by atoms with Crippen LogP contribution in [0, 0.1) is 0 Å². The Hall–Kier alpha value is -3.21. The number of allylic oxidation sites excluding steroid dienone is 1. The number of nitrogens with one attached hydrogen (secondary N) is 1. The van der Waals surface area contributed by atoms with Crippen LogP contribution in [0.4, 0.5) is 19.4 Å². The zero-order valence-corrected chi connectivity index (χ0v) is 23.8. The van der Waals surface area contributed by atoms with Gasteiger partial charge in [0.05, 0.1) is 11.9 Å². The van der Waals surface area contributed by atoms with Crippen molar-refractivity contribution in [3.63, 3.8) is 0 Å². The molecule has 220 valence electrons. The number of carbonyl (C=O) groups excluding carboxylic acids is 1. The summed E-state index contributed by atoms with van der Waals surface area (Å²) in [6.45, 7) is 9.55. The van der Waals surface area contributed by atoms with Crippen molar-refractivity contribution in [3.8, 4) is 0 Å². The van der Waals surface area contributed by atoms with E-state index in [2.05, 4.69) is 10.3 Å². The van der Waals surface area contributed by atoms with Crippen molar-refractivity contribution < 1.29 is 34.1 Å². The van der Waals surface area contributed by atoms with Gasteiger partial charge in [-0.2, -0.15) is 0 Å². The summed E-state index contributed by atoms with van der Waals surface area (Å²) in [5, 5.41) is 10.8. The zero-order valence-electron chi connectivity index (χ0n) is 23.0. The number of hydrogen-bond donors (Lipinski definition) is 2. The molecular formula is C28H39F5N2O3S. The highest BCUT2D eigenvalue weighted by atomic mass is 32.5. The van der Waals surface area contributed by atoms with E-state index in [1.807, 2.05) is 51.1 Å². The van der Waals surface area contributed by atoms with Crippen molar-refractivity contribution in [3.05, 3.63) is 77.6 Å². The molecule has 0 bridgehead atoms. The van der Waals surface area contributed by atoms with Gasteiger partial charge in [0.25, 0.3) is 0 Å². The lowest BCUT2D eigenvalue weighted by Gasteiger charge is -2.40. The minimum Gasteiger partial charge on any atom is -0.481 e. The lowest BCUT2D eigenvalue weighted by atomic mass is 10.1. The van der Waals surface area contributed by atoms with Gasteiger partial charge < -0.3 is 10.4 Å². The minimum absolute atomic E-state index is 0.125. The molecule has 2 rings (SSSR count). The van der Waals surface area contributed by atoms with Crippen LogP contribution in [0.25, 0.3) is 0 Å². The van der Waals surface area contributed by atoms with Gasteiger partial charge in [-0.25, -0.2) is 0 Å². The highest BCUT2D eigenvalue weighted by Gasteiger charge is 2.65. The first-order valence-electron chi connectivity index (χ1n) is 12.7. The van der Waals surface area contributed by atoms with Crippen molar-refractivity contribution in [2.75, 3.05) is 6.54 Å². The average molecular weight is 579 g/mol.